The molecule has 2 N–H and O–H groups in total. The van der Waals surface area contributed by atoms with E-state index in [1.807, 2.05) is 23.6 Å². The highest BCUT2D eigenvalue weighted by Gasteiger charge is 2.13. The minimum absolute atomic E-state index is 0.00877. The van der Waals surface area contributed by atoms with Crippen LogP contribution < -0.4 is 20.1 Å². The molecule has 2 amide bonds. The van der Waals surface area contributed by atoms with Crippen molar-refractivity contribution in [2.75, 3.05) is 19.9 Å². The Balaban J connectivity index is 1.29. The van der Waals surface area contributed by atoms with Crippen LogP contribution in [0.15, 0.2) is 35.0 Å². The summed E-state index contributed by atoms with van der Waals surface area (Å²) < 4.78 is 10.6. The molecule has 6 nitrogen and oxygen atoms in total. The molecule has 0 bridgehead atoms. The topological polar surface area (TPSA) is 76.7 Å². The summed E-state index contributed by atoms with van der Waals surface area (Å²) in [6.45, 7) is 1.32. The van der Waals surface area contributed by atoms with Crippen LogP contribution in [0.1, 0.15) is 28.8 Å². The van der Waals surface area contributed by atoms with E-state index in [2.05, 4.69) is 10.6 Å². The highest BCUT2D eigenvalue weighted by atomic mass is 32.1. The van der Waals surface area contributed by atoms with Crippen LogP contribution in [0.4, 0.5) is 0 Å². The van der Waals surface area contributed by atoms with E-state index in [9.17, 15) is 9.59 Å². The van der Waals surface area contributed by atoms with Crippen molar-refractivity contribution in [2.45, 2.75) is 19.3 Å². The maximum atomic E-state index is 11.8. The lowest BCUT2D eigenvalue weighted by Gasteiger charge is -2.07. The average Bonchev–Trinajstić information content (AvgIpc) is 3.29. The first-order chi connectivity index (χ1) is 12.2. The molecule has 0 aliphatic carbocycles. The van der Waals surface area contributed by atoms with Crippen molar-refractivity contribution in [3.63, 3.8) is 0 Å². The second kappa shape index (κ2) is 8.53. The summed E-state index contributed by atoms with van der Waals surface area (Å²) in [6, 6.07) is 7.58. The summed E-state index contributed by atoms with van der Waals surface area (Å²) in [7, 11) is 0. The van der Waals surface area contributed by atoms with Gasteiger partial charge >= 0.3 is 0 Å². The molecule has 1 aromatic carbocycles. The van der Waals surface area contributed by atoms with Gasteiger partial charge in [-0.2, -0.15) is 11.3 Å². The van der Waals surface area contributed by atoms with Crippen molar-refractivity contribution in [3.8, 4) is 11.5 Å². The SMILES string of the molecule is O=C(CCCNC(=O)c1ccsc1)NCCc1ccc2c(c1)OCO2. The summed E-state index contributed by atoms with van der Waals surface area (Å²) in [5.74, 6) is 1.41. The lowest BCUT2D eigenvalue weighted by Crippen LogP contribution is -2.28. The third-order valence-electron chi connectivity index (χ3n) is 3.82. The molecule has 1 aliphatic heterocycles. The molecular weight excluding hydrogens is 340 g/mol. The predicted octanol–water partition coefficient (Wildman–Crippen LogP) is 2.35. The maximum absolute atomic E-state index is 11.8. The smallest absolute Gasteiger partial charge is 0.252 e. The number of carbonyl (C=O) groups is 2. The zero-order valence-electron chi connectivity index (χ0n) is 13.7. The molecular formula is C18H20N2O4S. The normalized spacial score (nSPS) is 12.0. The molecule has 1 aromatic heterocycles. The summed E-state index contributed by atoms with van der Waals surface area (Å²) in [5.41, 5.74) is 1.76. The van der Waals surface area contributed by atoms with Crippen molar-refractivity contribution in [1.29, 1.82) is 0 Å². The summed E-state index contributed by atoms with van der Waals surface area (Å²) in [5, 5.41) is 9.37. The number of thiophene rings is 1. The van der Waals surface area contributed by atoms with E-state index in [1.54, 1.807) is 11.4 Å². The summed E-state index contributed by atoms with van der Waals surface area (Å²) in [4.78, 5) is 23.6. The fourth-order valence-electron chi connectivity index (χ4n) is 2.48. The fraction of sp³-hybridized carbons (Fsp3) is 0.333. The third kappa shape index (κ3) is 4.96. The zero-order chi connectivity index (χ0) is 17.5. The van der Waals surface area contributed by atoms with Crippen LogP contribution in [0.5, 0.6) is 11.5 Å². The first kappa shape index (κ1) is 17.3. The molecule has 1 aliphatic rings. The molecule has 2 heterocycles. The minimum atomic E-state index is -0.0931. The number of fused-ring (bicyclic) bond motifs is 1. The highest BCUT2D eigenvalue weighted by Crippen LogP contribution is 2.32. The number of hydrogen-bond donors (Lipinski definition) is 2. The second-order valence-corrected chi connectivity index (χ2v) is 6.44. The molecule has 0 radical (unpaired) electrons. The summed E-state index contributed by atoms with van der Waals surface area (Å²) >= 11 is 1.49. The zero-order valence-corrected chi connectivity index (χ0v) is 14.6. The minimum Gasteiger partial charge on any atom is -0.454 e. The second-order valence-electron chi connectivity index (χ2n) is 5.66. The molecule has 0 fully saturated rings. The van der Waals surface area contributed by atoms with Crippen LogP contribution in [0.2, 0.25) is 0 Å². The Kier molecular flexibility index (Phi) is 5.90. The van der Waals surface area contributed by atoms with Crippen LogP contribution in [0.25, 0.3) is 0 Å². The summed E-state index contributed by atoms with van der Waals surface area (Å²) in [6.07, 6.45) is 1.74. The lowest BCUT2D eigenvalue weighted by atomic mass is 10.1. The Hall–Kier alpha value is -2.54. The van der Waals surface area contributed by atoms with Crippen molar-refractivity contribution in [3.05, 3.63) is 46.2 Å². The fourth-order valence-corrected chi connectivity index (χ4v) is 3.11. The van der Waals surface area contributed by atoms with Gasteiger partial charge in [-0.1, -0.05) is 6.07 Å². The Morgan fingerprint density at radius 2 is 1.96 bits per heavy atom. The van der Waals surface area contributed by atoms with Crippen LogP contribution >= 0.6 is 11.3 Å². The van der Waals surface area contributed by atoms with E-state index in [-0.39, 0.29) is 18.6 Å². The van der Waals surface area contributed by atoms with Gasteiger partial charge in [0.25, 0.3) is 5.91 Å². The van der Waals surface area contributed by atoms with Gasteiger partial charge in [-0.15, -0.1) is 0 Å². The Bertz CT molecular complexity index is 731. The molecule has 25 heavy (non-hydrogen) atoms. The highest BCUT2D eigenvalue weighted by molar-refractivity contribution is 7.08. The molecule has 0 saturated carbocycles. The molecule has 0 atom stereocenters. The van der Waals surface area contributed by atoms with Crippen molar-refractivity contribution < 1.29 is 19.1 Å². The van der Waals surface area contributed by atoms with E-state index in [1.165, 1.54) is 11.3 Å². The van der Waals surface area contributed by atoms with Crippen LogP contribution in [0, 0.1) is 0 Å². The van der Waals surface area contributed by atoms with Gasteiger partial charge in [0.05, 0.1) is 0 Å². The van der Waals surface area contributed by atoms with Gasteiger partial charge in [-0.05, 0) is 42.0 Å². The number of nitrogens with one attached hydrogen (secondary N) is 2. The van der Waals surface area contributed by atoms with Gasteiger partial charge in [0, 0.05) is 30.5 Å². The molecule has 7 heteroatoms. The number of rotatable bonds is 8. The van der Waals surface area contributed by atoms with Gasteiger partial charge in [0.1, 0.15) is 0 Å². The van der Waals surface area contributed by atoms with E-state index in [0.717, 1.165) is 23.5 Å². The van der Waals surface area contributed by atoms with Crippen LogP contribution in [0.3, 0.4) is 0 Å². The van der Waals surface area contributed by atoms with Gasteiger partial charge in [0.2, 0.25) is 12.7 Å². The number of carbonyl (C=O) groups excluding carboxylic acids is 2. The van der Waals surface area contributed by atoms with Crippen molar-refractivity contribution in [2.24, 2.45) is 0 Å². The predicted molar refractivity (Wildman–Crippen MR) is 95.2 cm³/mol. The van der Waals surface area contributed by atoms with Gasteiger partial charge in [0.15, 0.2) is 11.5 Å². The molecule has 0 unspecified atom stereocenters. The molecule has 132 valence electrons. The quantitative estimate of drug-likeness (QED) is 0.709. The first-order valence-electron chi connectivity index (χ1n) is 8.18. The molecule has 3 rings (SSSR count). The van der Waals surface area contributed by atoms with Gasteiger partial charge in [-0.3, -0.25) is 9.59 Å². The standard InChI is InChI=1S/C18H20N2O4S/c21-17(2-1-7-20-18(22)14-6-9-25-11-14)19-8-5-13-3-4-15-16(10-13)24-12-23-15/h3-4,6,9-11H,1-2,5,7-8,12H2,(H,19,21)(H,20,22). The number of amides is 2. The van der Waals surface area contributed by atoms with Gasteiger partial charge in [-0.25, -0.2) is 0 Å². The lowest BCUT2D eigenvalue weighted by molar-refractivity contribution is -0.121. The molecule has 0 spiro atoms. The monoisotopic (exact) mass is 360 g/mol. The van der Waals surface area contributed by atoms with E-state index in [0.29, 0.717) is 31.5 Å². The molecule has 2 aromatic rings. The van der Waals surface area contributed by atoms with E-state index in [4.69, 9.17) is 9.47 Å². The van der Waals surface area contributed by atoms with E-state index >= 15 is 0 Å². The van der Waals surface area contributed by atoms with Crippen LogP contribution in [-0.2, 0) is 11.2 Å². The van der Waals surface area contributed by atoms with Crippen molar-refractivity contribution >= 4 is 23.2 Å². The number of benzene rings is 1. The maximum Gasteiger partial charge on any atom is 0.252 e. The largest absolute Gasteiger partial charge is 0.454 e. The Labute approximate surface area is 150 Å². The van der Waals surface area contributed by atoms with Crippen LogP contribution in [-0.4, -0.2) is 31.7 Å². The molecule has 0 saturated heterocycles. The number of ether oxygens (including phenoxy) is 2. The first-order valence-corrected chi connectivity index (χ1v) is 9.12. The average molecular weight is 360 g/mol. The Morgan fingerprint density at radius 3 is 2.80 bits per heavy atom. The number of hydrogen-bond acceptors (Lipinski definition) is 5. The van der Waals surface area contributed by atoms with E-state index < -0.39 is 0 Å². The van der Waals surface area contributed by atoms with Crippen molar-refractivity contribution in [1.82, 2.24) is 10.6 Å². The van der Waals surface area contributed by atoms with Gasteiger partial charge < -0.3 is 20.1 Å². The third-order valence-corrected chi connectivity index (χ3v) is 4.51. The Morgan fingerprint density at radius 1 is 1.08 bits per heavy atom.